The first kappa shape index (κ1) is 30.8. The molecule has 56 heavy (non-hydrogen) atoms. The average Bonchev–Trinajstić information content (AvgIpc) is 3.79. The van der Waals surface area contributed by atoms with Crippen LogP contribution in [0.15, 0.2) is 186 Å². The molecule has 12 aromatic rings. The monoisotopic (exact) mass is 714 g/mol. The van der Waals surface area contributed by atoms with Crippen LogP contribution < -0.4 is 0 Å². The second-order valence-corrected chi connectivity index (χ2v) is 14.4. The molecule has 5 nitrogen and oxygen atoms in total. The van der Waals surface area contributed by atoms with E-state index in [1.165, 1.54) is 21.5 Å². The quantitative estimate of drug-likeness (QED) is 0.182. The van der Waals surface area contributed by atoms with Crippen LogP contribution >= 0.6 is 0 Å². The maximum atomic E-state index is 6.77. The van der Waals surface area contributed by atoms with Crippen LogP contribution in [0.3, 0.4) is 0 Å². The highest BCUT2D eigenvalue weighted by molar-refractivity contribution is 6.19. The van der Waals surface area contributed by atoms with Crippen LogP contribution in [-0.4, -0.2) is 19.5 Å². The van der Waals surface area contributed by atoms with Gasteiger partial charge in [0.25, 0.3) is 0 Å². The second kappa shape index (κ2) is 11.9. The van der Waals surface area contributed by atoms with Crippen molar-refractivity contribution in [2.24, 2.45) is 0 Å². The van der Waals surface area contributed by atoms with E-state index in [9.17, 15) is 0 Å². The SMILES string of the molecule is c1ccc(-c2nc(-c3cc4c(cc3-n3c5ccccc5c5ccc6ccccc6c53)oc3cc5ccccc5cc34)nc(-c3cccc4ccccc34)n2)cc1. The van der Waals surface area contributed by atoms with Crippen molar-refractivity contribution in [2.75, 3.05) is 0 Å². The molecular formula is C51H30N4O. The van der Waals surface area contributed by atoms with Gasteiger partial charge in [-0.1, -0.05) is 152 Å². The lowest BCUT2D eigenvalue weighted by Crippen LogP contribution is -2.04. The van der Waals surface area contributed by atoms with Gasteiger partial charge in [0.05, 0.1) is 16.7 Å². The number of hydrogen-bond donors (Lipinski definition) is 0. The summed E-state index contributed by atoms with van der Waals surface area (Å²) < 4.78 is 9.15. The van der Waals surface area contributed by atoms with Crippen LogP contribution in [-0.2, 0) is 0 Å². The smallest absolute Gasteiger partial charge is 0.166 e. The summed E-state index contributed by atoms with van der Waals surface area (Å²) in [5.41, 5.74) is 7.53. The van der Waals surface area contributed by atoms with Gasteiger partial charge in [-0.2, -0.15) is 0 Å². The Bertz CT molecular complexity index is 3540. The number of aromatic nitrogens is 4. The maximum absolute atomic E-state index is 6.77. The summed E-state index contributed by atoms with van der Waals surface area (Å²) in [6.07, 6.45) is 0. The lowest BCUT2D eigenvalue weighted by molar-refractivity contribution is 0.669. The Morgan fingerprint density at radius 1 is 0.357 bits per heavy atom. The number of benzene rings is 9. The van der Waals surface area contributed by atoms with Crippen molar-refractivity contribution in [3.05, 3.63) is 182 Å². The number of hydrogen-bond acceptors (Lipinski definition) is 4. The molecule has 0 aliphatic rings. The van der Waals surface area contributed by atoms with Gasteiger partial charge in [-0.3, -0.25) is 0 Å². The Balaban J connectivity index is 1.25. The lowest BCUT2D eigenvalue weighted by Gasteiger charge is -2.16. The second-order valence-electron chi connectivity index (χ2n) is 14.4. The van der Waals surface area contributed by atoms with E-state index in [4.69, 9.17) is 19.4 Å². The zero-order valence-electron chi connectivity index (χ0n) is 30.0. The van der Waals surface area contributed by atoms with E-state index in [1.807, 2.05) is 18.2 Å². The van der Waals surface area contributed by atoms with Gasteiger partial charge in [-0.25, -0.2) is 15.0 Å². The van der Waals surface area contributed by atoms with Crippen molar-refractivity contribution in [1.82, 2.24) is 19.5 Å². The minimum Gasteiger partial charge on any atom is -0.456 e. The molecular weight excluding hydrogens is 685 g/mol. The van der Waals surface area contributed by atoms with Gasteiger partial charge in [0.15, 0.2) is 17.5 Å². The number of rotatable bonds is 4. The summed E-state index contributed by atoms with van der Waals surface area (Å²) in [6.45, 7) is 0. The van der Waals surface area contributed by atoms with Gasteiger partial charge < -0.3 is 8.98 Å². The maximum Gasteiger partial charge on any atom is 0.166 e. The molecule has 0 amide bonds. The fourth-order valence-corrected chi connectivity index (χ4v) is 8.59. The molecule has 0 N–H and O–H groups in total. The third-order valence-corrected chi connectivity index (χ3v) is 11.2. The van der Waals surface area contributed by atoms with Crippen LogP contribution in [0.2, 0.25) is 0 Å². The third kappa shape index (κ3) is 4.64. The molecule has 0 spiro atoms. The van der Waals surface area contributed by atoms with E-state index in [0.717, 1.165) is 76.9 Å². The topological polar surface area (TPSA) is 56.7 Å². The highest BCUT2D eigenvalue weighted by atomic mass is 16.3. The Labute approximate surface area is 320 Å². The fourth-order valence-electron chi connectivity index (χ4n) is 8.59. The molecule has 0 fully saturated rings. The summed E-state index contributed by atoms with van der Waals surface area (Å²) in [4.78, 5) is 15.9. The van der Waals surface area contributed by atoms with Gasteiger partial charge in [0.2, 0.25) is 0 Å². The lowest BCUT2D eigenvalue weighted by atomic mass is 10.0. The van der Waals surface area contributed by atoms with Crippen molar-refractivity contribution in [1.29, 1.82) is 0 Å². The van der Waals surface area contributed by atoms with E-state index in [1.54, 1.807) is 0 Å². The van der Waals surface area contributed by atoms with E-state index >= 15 is 0 Å². The van der Waals surface area contributed by atoms with Gasteiger partial charge in [0, 0.05) is 49.7 Å². The van der Waals surface area contributed by atoms with Crippen LogP contribution in [0.4, 0.5) is 0 Å². The van der Waals surface area contributed by atoms with Crippen molar-refractivity contribution in [3.63, 3.8) is 0 Å². The first-order valence-electron chi connectivity index (χ1n) is 18.9. The molecule has 0 unspecified atom stereocenters. The average molecular weight is 715 g/mol. The van der Waals surface area contributed by atoms with Gasteiger partial charge >= 0.3 is 0 Å². The Morgan fingerprint density at radius 3 is 1.77 bits per heavy atom. The van der Waals surface area contributed by atoms with E-state index in [2.05, 4.69) is 168 Å². The van der Waals surface area contributed by atoms with E-state index < -0.39 is 0 Å². The zero-order valence-corrected chi connectivity index (χ0v) is 30.0. The molecule has 0 saturated carbocycles. The molecule has 0 aliphatic heterocycles. The molecule has 3 heterocycles. The van der Waals surface area contributed by atoms with Crippen LogP contribution in [0.25, 0.3) is 116 Å². The van der Waals surface area contributed by atoms with E-state index in [0.29, 0.717) is 17.5 Å². The van der Waals surface area contributed by atoms with Crippen molar-refractivity contribution < 1.29 is 4.42 Å². The Kier molecular flexibility index (Phi) is 6.56. The molecule has 0 atom stereocenters. The van der Waals surface area contributed by atoms with E-state index in [-0.39, 0.29) is 0 Å². The molecule has 0 radical (unpaired) electrons. The first-order chi connectivity index (χ1) is 27.7. The molecule has 0 saturated heterocycles. The number of nitrogens with zero attached hydrogens (tertiary/aromatic N) is 4. The van der Waals surface area contributed by atoms with Gasteiger partial charge in [-0.15, -0.1) is 0 Å². The molecule has 9 aromatic carbocycles. The minimum atomic E-state index is 0.583. The molecule has 0 aliphatic carbocycles. The molecule has 3 aromatic heterocycles. The summed E-state index contributed by atoms with van der Waals surface area (Å²) in [5, 5.41) is 11.3. The van der Waals surface area contributed by atoms with Crippen LogP contribution in [0, 0.1) is 0 Å². The van der Waals surface area contributed by atoms with Crippen LogP contribution in [0.5, 0.6) is 0 Å². The van der Waals surface area contributed by atoms with Crippen LogP contribution in [0.1, 0.15) is 0 Å². The molecule has 260 valence electrons. The molecule has 5 heteroatoms. The zero-order chi connectivity index (χ0) is 36.7. The van der Waals surface area contributed by atoms with Crippen molar-refractivity contribution in [3.8, 4) is 39.9 Å². The summed E-state index contributed by atoms with van der Waals surface area (Å²) in [5.74, 6) is 1.81. The Morgan fingerprint density at radius 2 is 0.946 bits per heavy atom. The highest BCUT2D eigenvalue weighted by Gasteiger charge is 2.23. The van der Waals surface area contributed by atoms with Crippen molar-refractivity contribution in [2.45, 2.75) is 0 Å². The summed E-state index contributed by atoms with van der Waals surface area (Å²) in [6, 6.07) is 63.8. The third-order valence-electron chi connectivity index (χ3n) is 11.2. The molecule has 0 bridgehead atoms. The molecule has 12 rings (SSSR count). The predicted octanol–water partition coefficient (Wildman–Crippen LogP) is 13.3. The largest absolute Gasteiger partial charge is 0.456 e. The fraction of sp³-hybridized carbons (Fsp3) is 0. The normalized spacial score (nSPS) is 11.9. The van der Waals surface area contributed by atoms with Gasteiger partial charge in [0.1, 0.15) is 11.2 Å². The number of furan rings is 1. The summed E-state index contributed by atoms with van der Waals surface area (Å²) in [7, 11) is 0. The highest BCUT2D eigenvalue weighted by Crippen LogP contribution is 2.43. The number of fused-ring (bicyclic) bond motifs is 10. The minimum absolute atomic E-state index is 0.583. The Hall–Kier alpha value is -7.63. The van der Waals surface area contributed by atoms with Crippen molar-refractivity contribution >= 4 is 76.1 Å². The standard InChI is InChI=1S/C51H30N4O/c1-2-15-33(16-3-1)49-52-50(40-23-12-19-31-13-6-8-20-36(31)40)54-51(53-49)43-29-42-41-27-34-17-4-5-18-35(34)28-46(41)56-47(42)30-45(43)55-44-24-11-10-22-38(44)39-26-25-32-14-7-9-21-37(32)48(39)55/h1-30H. The predicted molar refractivity (Wildman–Crippen MR) is 230 cm³/mol. The van der Waals surface area contributed by atoms with Gasteiger partial charge in [-0.05, 0) is 51.2 Å². The summed E-state index contributed by atoms with van der Waals surface area (Å²) >= 11 is 0. The first-order valence-corrected chi connectivity index (χ1v) is 18.9. The number of para-hydroxylation sites is 1.